The van der Waals surface area contributed by atoms with E-state index in [1.807, 2.05) is 0 Å². The highest BCUT2D eigenvalue weighted by atomic mass is 15.1. The first-order chi connectivity index (χ1) is 6.26. The standard InChI is InChI=1S/C11H20N2/c1-4-10(5-2)12-11-7-6-8-13(3)9-11/h1,10-12H,5-9H2,2-3H3. The fraction of sp³-hybridized carbons (Fsp3) is 0.818. The number of rotatable bonds is 3. The highest BCUT2D eigenvalue weighted by molar-refractivity contribution is 4.99. The lowest BCUT2D eigenvalue weighted by molar-refractivity contribution is 0.222. The van der Waals surface area contributed by atoms with Gasteiger partial charge in [0.1, 0.15) is 0 Å². The van der Waals surface area contributed by atoms with Crippen molar-refractivity contribution >= 4 is 0 Å². The number of nitrogens with zero attached hydrogens (tertiary/aromatic N) is 1. The van der Waals surface area contributed by atoms with E-state index < -0.39 is 0 Å². The van der Waals surface area contributed by atoms with Crippen molar-refractivity contribution in [2.24, 2.45) is 0 Å². The zero-order valence-electron chi connectivity index (χ0n) is 8.71. The number of hydrogen-bond donors (Lipinski definition) is 1. The summed E-state index contributed by atoms with van der Waals surface area (Å²) in [6.45, 7) is 4.49. The zero-order chi connectivity index (χ0) is 9.68. The lowest BCUT2D eigenvalue weighted by atomic mass is 10.0. The van der Waals surface area contributed by atoms with E-state index in [0.29, 0.717) is 6.04 Å². The molecule has 13 heavy (non-hydrogen) atoms. The molecule has 1 N–H and O–H groups in total. The second kappa shape index (κ2) is 5.26. The van der Waals surface area contributed by atoms with Gasteiger partial charge in [-0.1, -0.05) is 12.8 Å². The second-order valence-electron chi connectivity index (χ2n) is 3.90. The van der Waals surface area contributed by atoms with Crippen molar-refractivity contribution in [3.05, 3.63) is 0 Å². The number of likely N-dealkylation sites (tertiary alicyclic amines) is 1. The van der Waals surface area contributed by atoms with Crippen LogP contribution in [0.25, 0.3) is 0 Å². The van der Waals surface area contributed by atoms with Gasteiger partial charge in [0.05, 0.1) is 6.04 Å². The lowest BCUT2D eigenvalue weighted by Gasteiger charge is -2.31. The first-order valence-electron chi connectivity index (χ1n) is 5.17. The summed E-state index contributed by atoms with van der Waals surface area (Å²) in [4.78, 5) is 2.37. The maximum absolute atomic E-state index is 5.41. The number of terminal acetylenes is 1. The first kappa shape index (κ1) is 10.6. The highest BCUT2D eigenvalue weighted by Gasteiger charge is 2.18. The Morgan fingerprint density at radius 1 is 1.69 bits per heavy atom. The van der Waals surface area contributed by atoms with Crippen molar-refractivity contribution in [3.63, 3.8) is 0 Å². The van der Waals surface area contributed by atoms with Crippen molar-refractivity contribution in [3.8, 4) is 12.3 Å². The molecule has 2 unspecified atom stereocenters. The predicted octanol–water partition coefficient (Wildman–Crippen LogP) is 1.08. The van der Waals surface area contributed by atoms with Gasteiger partial charge in [-0.05, 0) is 32.9 Å². The summed E-state index contributed by atoms with van der Waals surface area (Å²) in [7, 11) is 2.17. The van der Waals surface area contributed by atoms with Gasteiger partial charge in [0.15, 0.2) is 0 Å². The Labute approximate surface area is 81.7 Å². The molecule has 1 aliphatic rings. The average molecular weight is 180 g/mol. The van der Waals surface area contributed by atoms with Crippen LogP contribution >= 0.6 is 0 Å². The summed E-state index contributed by atoms with van der Waals surface area (Å²) in [6.07, 6.45) is 8.99. The van der Waals surface area contributed by atoms with Crippen LogP contribution in [0.2, 0.25) is 0 Å². The van der Waals surface area contributed by atoms with Crippen LogP contribution in [0.5, 0.6) is 0 Å². The highest BCUT2D eigenvalue weighted by Crippen LogP contribution is 2.08. The molecule has 0 amide bonds. The largest absolute Gasteiger partial charge is 0.305 e. The van der Waals surface area contributed by atoms with Crippen LogP contribution in [0.4, 0.5) is 0 Å². The Morgan fingerprint density at radius 3 is 3.00 bits per heavy atom. The second-order valence-corrected chi connectivity index (χ2v) is 3.90. The third kappa shape index (κ3) is 3.38. The summed E-state index contributed by atoms with van der Waals surface area (Å²) in [5.74, 6) is 2.78. The molecule has 1 aliphatic heterocycles. The van der Waals surface area contributed by atoms with Crippen molar-refractivity contribution in [1.82, 2.24) is 10.2 Å². The molecule has 2 heteroatoms. The Bertz CT molecular complexity index is 183. The van der Waals surface area contributed by atoms with Crippen LogP contribution in [-0.4, -0.2) is 37.1 Å². The molecule has 1 fully saturated rings. The first-order valence-corrected chi connectivity index (χ1v) is 5.17. The van der Waals surface area contributed by atoms with E-state index in [0.717, 1.165) is 13.0 Å². The maximum Gasteiger partial charge on any atom is 0.0686 e. The van der Waals surface area contributed by atoms with E-state index in [9.17, 15) is 0 Å². The molecule has 0 radical (unpaired) electrons. The van der Waals surface area contributed by atoms with Gasteiger partial charge in [-0.25, -0.2) is 0 Å². The Kier molecular flexibility index (Phi) is 4.27. The van der Waals surface area contributed by atoms with E-state index in [1.165, 1.54) is 19.4 Å². The third-order valence-electron chi connectivity index (χ3n) is 2.67. The number of nitrogens with one attached hydrogen (secondary N) is 1. The molecule has 1 rings (SSSR count). The molecule has 2 atom stereocenters. The molecule has 2 nitrogen and oxygen atoms in total. The zero-order valence-corrected chi connectivity index (χ0v) is 8.71. The SMILES string of the molecule is C#CC(CC)NC1CCCN(C)C1. The quantitative estimate of drug-likeness (QED) is 0.654. The summed E-state index contributed by atoms with van der Waals surface area (Å²) in [5.41, 5.74) is 0. The van der Waals surface area contributed by atoms with Crippen LogP contribution in [0.1, 0.15) is 26.2 Å². The van der Waals surface area contributed by atoms with Crippen LogP contribution in [0.15, 0.2) is 0 Å². The van der Waals surface area contributed by atoms with Gasteiger partial charge in [0, 0.05) is 12.6 Å². The van der Waals surface area contributed by atoms with Gasteiger partial charge in [-0.3, -0.25) is 5.32 Å². The van der Waals surface area contributed by atoms with Crippen molar-refractivity contribution in [1.29, 1.82) is 0 Å². The summed E-state index contributed by atoms with van der Waals surface area (Å²) in [5, 5.41) is 3.51. The molecule has 0 spiro atoms. The van der Waals surface area contributed by atoms with Crippen molar-refractivity contribution in [2.75, 3.05) is 20.1 Å². The minimum Gasteiger partial charge on any atom is -0.305 e. The number of likely N-dealkylation sites (N-methyl/N-ethyl adjacent to an activating group) is 1. The van der Waals surface area contributed by atoms with Crippen LogP contribution < -0.4 is 5.32 Å². The molecule has 0 aromatic carbocycles. The molecular weight excluding hydrogens is 160 g/mol. The van der Waals surface area contributed by atoms with Crippen LogP contribution in [-0.2, 0) is 0 Å². The van der Waals surface area contributed by atoms with Crippen LogP contribution in [0.3, 0.4) is 0 Å². The van der Waals surface area contributed by atoms with Crippen LogP contribution in [0, 0.1) is 12.3 Å². The minimum absolute atomic E-state index is 0.261. The van der Waals surface area contributed by atoms with Gasteiger partial charge in [-0.15, -0.1) is 6.42 Å². The molecule has 1 saturated heterocycles. The third-order valence-corrected chi connectivity index (χ3v) is 2.67. The fourth-order valence-corrected chi connectivity index (χ4v) is 1.87. The summed E-state index contributed by atoms with van der Waals surface area (Å²) >= 11 is 0. The van der Waals surface area contributed by atoms with E-state index in [2.05, 4.69) is 30.1 Å². The Balaban J connectivity index is 2.31. The molecule has 74 valence electrons. The number of hydrogen-bond acceptors (Lipinski definition) is 2. The molecule has 0 bridgehead atoms. The Morgan fingerprint density at radius 2 is 2.46 bits per heavy atom. The lowest BCUT2D eigenvalue weighted by Crippen LogP contribution is -2.47. The van der Waals surface area contributed by atoms with Crippen molar-refractivity contribution < 1.29 is 0 Å². The molecule has 0 aromatic heterocycles. The Hall–Kier alpha value is -0.520. The predicted molar refractivity (Wildman–Crippen MR) is 56.6 cm³/mol. The molecular formula is C11H20N2. The van der Waals surface area contributed by atoms with Gasteiger partial charge in [0.2, 0.25) is 0 Å². The maximum atomic E-state index is 5.41. The fourth-order valence-electron chi connectivity index (χ4n) is 1.87. The molecule has 0 saturated carbocycles. The van der Waals surface area contributed by atoms with Gasteiger partial charge < -0.3 is 4.90 Å². The average Bonchev–Trinajstić information content (AvgIpc) is 2.14. The smallest absolute Gasteiger partial charge is 0.0686 e. The van der Waals surface area contributed by atoms with Gasteiger partial charge in [-0.2, -0.15) is 0 Å². The molecule has 0 aromatic rings. The van der Waals surface area contributed by atoms with E-state index in [4.69, 9.17) is 6.42 Å². The minimum atomic E-state index is 0.261. The van der Waals surface area contributed by atoms with Gasteiger partial charge in [0.25, 0.3) is 0 Å². The van der Waals surface area contributed by atoms with Crippen molar-refractivity contribution in [2.45, 2.75) is 38.3 Å². The molecule has 0 aliphatic carbocycles. The van der Waals surface area contributed by atoms with Gasteiger partial charge >= 0.3 is 0 Å². The van der Waals surface area contributed by atoms with E-state index in [1.54, 1.807) is 0 Å². The normalized spacial score (nSPS) is 26.7. The monoisotopic (exact) mass is 180 g/mol. The van der Waals surface area contributed by atoms with E-state index >= 15 is 0 Å². The number of piperidine rings is 1. The van der Waals surface area contributed by atoms with E-state index in [-0.39, 0.29) is 6.04 Å². The summed E-state index contributed by atoms with van der Waals surface area (Å²) in [6, 6.07) is 0.858. The topological polar surface area (TPSA) is 15.3 Å². The summed E-state index contributed by atoms with van der Waals surface area (Å²) < 4.78 is 0. The molecule has 1 heterocycles.